The van der Waals surface area contributed by atoms with Crippen molar-refractivity contribution < 1.29 is 9.90 Å². The molecular formula is C12H16N2O2. The molecule has 1 fully saturated rings. The van der Waals surface area contributed by atoms with E-state index in [0.717, 1.165) is 17.8 Å². The van der Waals surface area contributed by atoms with Crippen LogP contribution < -0.4 is 10.2 Å². The maximum Gasteiger partial charge on any atom is 0.229 e. The fourth-order valence-corrected chi connectivity index (χ4v) is 1.98. The van der Waals surface area contributed by atoms with Gasteiger partial charge in [0.1, 0.15) is 0 Å². The Morgan fingerprint density at radius 2 is 2.38 bits per heavy atom. The third-order valence-electron chi connectivity index (χ3n) is 2.71. The Morgan fingerprint density at radius 3 is 3.00 bits per heavy atom. The molecule has 1 atom stereocenters. The Balaban J connectivity index is 2.20. The van der Waals surface area contributed by atoms with Crippen molar-refractivity contribution in [3.05, 3.63) is 29.8 Å². The summed E-state index contributed by atoms with van der Waals surface area (Å²) in [4.78, 5) is 13.2. The zero-order chi connectivity index (χ0) is 11.5. The molecule has 1 aromatic carbocycles. The van der Waals surface area contributed by atoms with Crippen LogP contribution in [0.1, 0.15) is 12.0 Å². The smallest absolute Gasteiger partial charge is 0.229 e. The second-order valence-electron chi connectivity index (χ2n) is 4.06. The number of amides is 1. The standard InChI is InChI=1S/C12H16N2O2/c1-13-7-9-3-2-4-10(5-9)14-8-11(15)6-12(14)16/h2-5,11,13,15H,6-8H2,1H3. The van der Waals surface area contributed by atoms with Gasteiger partial charge in [-0.15, -0.1) is 0 Å². The summed E-state index contributed by atoms with van der Waals surface area (Å²) in [7, 11) is 1.89. The van der Waals surface area contributed by atoms with Gasteiger partial charge in [0.25, 0.3) is 0 Å². The van der Waals surface area contributed by atoms with Gasteiger partial charge in [-0.25, -0.2) is 0 Å². The summed E-state index contributed by atoms with van der Waals surface area (Å²) in [5.74, 6) is -0.00546. The molecule has 1 saturated heterocycles. The lowest BCUT2D eigenvalue weighted by atomic mass is 10.2. The number of carbonyl (C=O) groups is 1. The van der Waals surface area contributed by atoms with Crippen molar-refractivity contribution in [2.75, 3.05) is 18.5 Å². The fraction of sp³-hybridized carbons (Fsp3) is 0.417. The van der Waals surface area contributed by atoms with E-state index in [0.29, 0.717) is 6.54 Å². The van der Waals surface area contributed by atoms with Crippen molar-refractivity contribution in [1.82, 2.24) is 5.32 Å². The second kappa shape index (κ2) is 4.63. The highest BCUT2D eigenvalue weighted by molar-refractivity contribution is 5.96. The maximum atomic E-state index is 11.6. The lowest BCUT2D eigenvalue weighted by Crippen LogP contribution is -2.25. The highest BCUT2D eigenvalue weighted by atomic mass is 16.3. The van der Waals surface area contributed by atoms with E-state index in [4.69, 9.17) is 0 Å². The fourth-order valence-electron chi connectivity index (χ4n) is 1.98. The molecule has 0 aliphatic carbocycles. The summed E-state index contributed by atoms with van der Waals surface area (Å²) in [5.41, 5.74) is 2.00. The molecule has 1 aromatic rings. The first-order valence-electron chi connectivity index (χ1n) is 5.42. The van der Waals surface area contributed by atoms with Crippen molar-refractivity contribution in [3.8, 4) is 0 Å². The van der Waals surface area contributed by atoms with Crippen LogP contribution >= 0.6 is 0 Å². The Kier molecular flexibility index (Phi) is 3.22. The highest BCUT2D eigenvalue weighted by Gasteiger charge is 2.28. The monoisotopic (exact) mass is 220 g/mol. The Morgan fingerprint density at radius 1 is 1.56 bits per heavy atom. The molecule has 0 spiro atoms. The first-order valence-corrected chi connectivity index (χ1v) is 5.42. The summed E-state index contributed by atoms with van der Waals surface area (Å²) in [6, 6.07) is 7.82. The molecule has 1 unspecified atom stereocenters. The topological polar surface area (TPSA) is 52.6 Å². The lowest BCUT2D eigenvalue weighted by molar-refractivity contribution is -0.117. The number of benzene rings is 1. The molecule has 0 radical (unpaired) electrons. The molecule has 2 rings (SSSR count). The number of rotatable bonds is 3. The molecule has 0 saturated carbocycles. The summed E-state index contributed by atoms with van der Waals surface area (Å²) in [5, 5.41) is 12.5. The molecule has 4 heteroatoms. The minimum atomic E-state index is -0.527. The van der Waals surface area contributed by atoms with Gasteiger partial charge >= 0.3 is 0 Å². The van der Waals surface area contributed by atoms with E-state index >= 15 is 0 Å². The molecular weight excluding hydrogens is 204 g/mol. The molecule has 0 bridgehead atoms. The minimum Gasteiger partial charge on any atom is -0.391 e. The normalized spacial score (nSPS) is 20.5. The average molecular weight is 220 g/mol. The Bertz CT molecular complexity index is 392. The Labute approximate surface area is 94.9 Å². The van der Waals surface area contributed by atoms with E-state index in [-0.39, 0.29) is 12.3 Å². The van der Waals surface area contributed by atoms with E-state index in [2.05, 4.69) is 5.32 Å². The van der Waals surface area contributed by atoms with Gasteiger partial charge in [0.05, 0.1) is 19.1 Å². The molecule has 0 aromatic heterocycles. The quantitative estimate of drug-likeness (QED) is 0.780. The van der Waals surface area contributed by atoms with E-state index in [9.17, 15) is 9.90 Å². The van der Waals surface area contributed by atoms with Crippen LogP contribution in [0.2, 0.25) is 0 Å². The van der Waals surface area contributed by atoms with Crippen LogP contribution in [0.25, 0.3) is 0 Å². The average Bonchev–Trinajstić information content (AvgIpc) is 2.59. The number of nitrogens with zero attached hydrogens (tertiary/aromatic N) is 1. The number of carbonyl (C=O) groups excluding carboxylic acids is 1. The van der Waals surface area contributed by atoms with Gasteiger partial charge in [-0.2, -0.15) is 0 Å². The summed E-state index contributed by atoms with van der Waals surface area (Å²) in [6.07, 6.45) is -0.295. The van der Waals surface area contributed by atoms with E-state index < -0.39 is 6.10 Å². The van der Waals surface area contributed by atoms with Gasteiger partial charge < -0.3 is 15.3 Å². The first-order chi connectivity index (χ1) is 7.70. The van der Waals surface area contributed by atoms with Crippen LogP contribution in [0.5, 0.6) is 0 Å². The van der Waals surface area contributed by atoms with Crippen LogP contribution in [0.4, 0.5) is 5.69 Å². The molecule has 1 aliphatic rings. The number of aliphatic hydroxyl groups excluding tert-OH is 1. The second-order valence-corrected chi connectivity index (χ2v) is 4.06. The minimum absolute atomic E-state index is 0.00546. The summed E-state index contributed by atoms with van der Waals surface area (Å²) >= 11 is 0. The van der Waals surface area contributed by atoms with Gasteiger partial charge in [-0.05, 0) is 24.7 Å². The maximum absolute atomic E-state index is 11.6. The number of nitrogens with one attached hydrogen (secondary N) is 1. The lowest BCUT2D eigenvalue weighted by Gasteiger charge is -2.16. The van der Waals surface area contributed by atoms with Crippen LogP contribution in [-0.2, 0) is 11.3 Å². The zero-order valence-electron chi connectivity index (χ0n) is 9.31. The largest absolute Gasteiger partial charge is 0.391 e. The predicted octanol–water partition coefficient (Wildman–Crippen LogP) is 0.504. The third kappa shape index (κ3) is 2.23. The van der Waals surface area contributed by atoms with Crippen molar-refractivity contribution in [2.45, 2.75) is 19.1 Å². The van der Waals surface area contributed by atoms with Crippen LogP contribution in [-0.4, -0.2) is 30.7 Å². The van der Waals surface area contributed by atoms with Gasteiger partial charge in [0.2, 0.25) is 5.91 Å². The van der Waals surface area contributed by atoms with Gasteiger partial charge in [0.15, 0.2) is 0 Å². The zero-order valence-corrected chi connectivity index (χ0v) is 9.31. The van der Waals surface area contributed by atoms with Crippen LogP contribution in [0.15, 0.2) is 24.3 Å². The van der Waals surface area contributed by atoms with Crippen molar-refractivity contribution >= 4 is 11.6 Å². The van der Waals surface area contributed by atoms with Crippen LogP contribution in [0.3, 0.4) is 0 Å². The van der Waals surface area contributed by atoms with Crippen molar-refractivity contribution in [2.24, 2.45) is 0 Å². The van der Waals surface area contributed by atoms with Crippen molar-refractivity contribution in [3.63, 3.8) is 0 Å². The SMILES string of the molecule is CNCc1cccc(N2CC(O)CC2=O)c1. The molecule has 1 aliphatic heterocycles. The van der Waals surface area contributed by atoms with E-state index in [1.54, 1.807) is 4.90 Å². The van der Waals surface area contributed by atoms with Crippen molar-refractivity contribution in [1.29, 1.82) is 0 Å². The van der Waals surface area contributed by atoms with E-state index in [1.165, 1.54) is 0 Å². The predicted molar refractivity (Wildman–Crippen MR) is 62.2 cm³/mol. The number of hydrogen-bond acceptors (Lipinski definition) is 3. The number of anilines is 1. The molecule has 4 nitrogen and oxygen atoms in total. The summed E-state index contributed by atoms with van der Waals surface area (Å²) < 4.78 is 0. The molecule has 16 heavy (non-hydrogen) atoms. The molecule has 86 valence electrons. The number of aliphatic hydroxyl groups is 1. The third-order valence-corrected chi connectivity index (χ3v) is 2.71. The highest BCUT2D eigenvalue weighted by Crippen LogP contribution is 2.22. The molecule has 1 heterocycles. The van der Waals surface area contributed by atoms with Gasteiger partial charge in [-0.1, -0.05) is 12.1 Å². The number of β-amino-alcohol motifs (C(OH)–C–C–N with tert-alkyl or cyclic N) is 1. The number of hydrogen-bond donors (Lipinski definition) is 2. The first kappa shape index (κ1) is 11.1. The molecule has 2 N–H and O–H groups in total. The Hall–Kier alpha value is -1.39. The summed E-state index contributed by atoms with van der Waals surface area (Å²) in [6.45, 7) is 1.18. The van der Waals surface area contributed by atoms with Gasteiger partial charge in [0, 0.05) is 12.2 Å². The van der Waals surface area contributed by atoms with Gasteiger partial charge in [-0.3, -0.25) is 4.79 Å². The van der Waals surface area contributed by atoms with E-state index in [1.807, 2.05) is 31.3 Å². The molecule has 1 amide bonds. The van der Waals surface area contributed by atoms with Crippen LogP contribution in [0, 0.1) is 0 Å².